The number of Topliss-reactive ketones (excluding diaryl/α,β-unsaturated/α-hetero) is 1. The van der Waals surface area contributed by atoms with Crippen LogP contribution in [-0.2, 0) is 14.2 Å². The highest BCUT2D eigenvalue weighted by Gasteiger charge is 2.43. The molecule has 0 saturated carbocycles. The van der Waals surface area contributed by atoms with Gasteiger partial charge in [0.05, 0.1) is 5.70 Å². The minimum atomic E-state index is -2.73. The first kappa shape index (κ1) is 19.2. The van der Waals surface area contributed by atoms with Gasteiger partial charge in [-0.25, -0.2) is 0 Å². The maximum atomic E-state index is 12.4. The van der Waals surface area contributed by atoms with Crippen LogP contribution in [-0.4, -0.2) is 82.8 Å². The van der Waals surface area contributed by atoms with Gasteiger partial charge in [0, 0.05) is 57.7 Å². The number of hydrogen-bond donors (Lipinski definition) is 1. The second-order valence-electron chi connectivity index (χ2n) is 7.62. The summed E-state index contributed by atoms with van der Waals surface area (Å²) in [5.74, 6) is 0.383. The minimum Gasteiger partial charge on any atom is -0.365 e. The van der Waals surface area contributed by atoms with Crippen LogP contribution in [0.25, 0.3) is 0 Å². The quantitative estimate of drug-likeness (QED) is 0.419. The van der Waals surface area contributed by atoms with Crippen molar-refractivity contribution in [2.75, 3.05) is 51.6 Å². The van der Waals surface area contributed by atoms with Crippen molar-refractivity contribution in [1.82, 2.24) is 14.7 Å². The Kier molecular flexibility index (Phi) is 5.31. The van der Waals surface area contributed by atoms with Gasteiger partial charge >= 0.3 is 0 Å². The third-order valence-electron chi connectivity index (χ3n) is 4.63. The minimum absolute atomic E-state index is 0.00546. The highest BCUT2D eigenvalue weighted by molar-refractivity contribution is 7.57. The molecule has 0 spiro atoms. The molecule has 144 valence electrons. The van der Waals surface area contributed by atoms with Crippen molar-refractivity contribution >= 4 is 18.9 Å². The number of ketones is 2. The zero-order chi connectivity index (χ0) is 19.1. The van der Waals surface area contributed by atoms with Crippen LogP contribution in [0.5, 0.6) is 0 Å². The molecule has 7 nitrogen and oxygen atoms in total. The molecule has 0 amide bonds. The van der Waals surface area contributed by atoms with Crippen LogP contribution in [0.4, 0.5) is 0 Å². The van der Waals surface area contributed by atoms with E-state index in [-0.39, 0.29) is 11.6 Å². The number of allylic oxidation sites excluding steroid dienone is 1. The van der Waals surface area contributed by atoms with Gasteiger partial charge in [-0.05, 0) is 5.92 Å². The summed E-state index contributed by atoms with van der Waals surface area (Å²) in [6.07, 6.45) is 2.39. The number of nitrogens with zero attached hydrogens (tertiary/aromatic N) is 3. The Bertz CT molecular complexity index is 716. The summed E-state index contributed by atoms with van der Waals surface area (Å²) in [7, 11) is -2.73. The molecule has 4 aliphatic rings. The molecule has 1 aliphatic carbocycles. The second kappa shape index (κ2) is 7.20. The van der Waals surface area contributed by atoms with Gasteiger partial charge in [-0.15, -0.1) is 0 Å². The molecule has 1 unspecified atom stereocenters. The SMILES string of the molecule is CCP(=O)(O)CC(C)C.O=C1C=C(N2CC2)C(=O)C(N2CC2)=C1N1CC1. The number of carbonyl (C=O) groups is 2. The maximum Gasteiger partial charge on any atom is 0.227 e. The molecule has 0 aromatic heterocycles. The molecule has 26 heavy (non-hydrogen) atoms. The van der Waals surface area contributed by atoms with E-state index < -0.39 is 7.37 Å². The zero-order valence-corrected chi connectivity index (χ0v) is 16.7. The summed E-state index contributed by atoms with van der Waals surface area (Å²) in [4.78, 5) is 39.5. The van der Waals surface area contributed by atoms with E-state index in [4.69, 9.17) is 4.89 Å². The molecule has 0 aromatic rings. The molecule has 1 atom stereocenters. The van der Waals surface area contributed by atoms with Gasteiger partial charge in [0.15, 0.2) is 0 Å². The van der Waals surface area contributed by atoms with E-state index in [1.165, 1.54) is 6.08 Å². The van der Waals surface area contributed by atoms with Crippen molar-refractivity contribution < 1.29 is 19.0 Å². The molecule has 0 bridgehead atoms. The summed E-state index contributed by atoms with van der Waals surface area (Å²) in [5.41, 5.74) is 1.89. The topological polar surface area (TPSA) is 80.5 Å². The van der Waals surface area contributed by atoms with E-state index in [0.29, 0.717) is 35.3 Å². The smallest absolute Gasteiger partial charge is 0.227 e. The Hall–Kier alpha value is -1.59. The fourth-order valence-corrected chi connectivity index (χ4v) is 4.37. The van der Waals surface area contributed by atoms with Crippen molar-refractivity contribution in [2.45, 2.75) is 20.8 Å². The molecule has 3 heterocycles. The summed E-state index contributed by atoms with van der Waals surface area (Å²) in [6, 6.07) is 0. The van der Waals surface area contributed by atoms with Crippen molar-refractivity contribution in [3.05, 3.63) is 23.2 Å². The Balaban J connectivity index is 0.000000188. The summed E-state index contributed by atoms with van der Waals surface area (Å²) in [6.45, 7) is 11.1. The van der Waals surface area contributed by atoms with Gasteiger partial charge in [-0.3, -0.25) is 14.2 Å². The molecule has 0 aromatic carbocycles. The fourth-order valence-electron chi connectivity index (χ4n) is 2.98. The lowest BCUT2D eigenvalue weighted by Gasteiger charge is -2.21. The first-order valence-electron chi connectivity index (χ1n) is 9.34. The highest BCUT2D eigenvalue weighted by atomic mass is 31.2. The standard InChI is InChI=1S/C12H13N3O2.C6H15O2P/c16-9-7-8(13-1-2-13)12(17)11(15-5-6-15)10(9)14-3-4-14;1-4-9(7,8)5-6(2)3/h7H,1-6H2;6H,4-5H2,1-3H3,(H,7,8). The fraction of sp³-hybridized carbons (Fsp3) is 0.667. The van der Waals surface area contributed by atoms with Gasteiger partial charge < -0.3 is 19.6 Å². The zero-order valence-electron chi connectivity index (χ0n) is 15.8. The highest BCUT2D eigenvalue weighted by Crippen LogP contribution is 2.41. The Morgan fingerprint density at radius 3 is 1.88 bits per heavy atom. The van der Waals surface area contributed by atoms with Crippen molar-refractivity contribution in [3.63, 3.8) is 0 Å². The number of rotatable bonds is 6. The van der Waals surface area contributed by atoms with E-state index in [9.17, 15) is 14.2 Å². The predicted molar refractivity (Wildman–Crippen MR) is 99.9 cm³/mol. The summed E-state index contributed by atoms with van der Waals surface area (Å²) < 4.78 is 10.9. The van der Waals surface area contributed by atoms with Crippen LogP contribution in [0.2, 0.25) is 0 Å². The lowest BCUT2D eigenvalue weighted by Crippen LogP contribution is -2.29. The van der Waals surface area contributed by atoms with Crippen LogP contribution < -0.4 is 0 Å². The van der Waals surface area contributed by atoms with Crippen LogP contribution in [0.15, 0.2) is 23.2 Å². The number of carbonyl (C=O) groups excluding carboxylic acids is 2. The Labute approximate surface area is 154 Å². The molecule has 3 fully saturated rings. The van der Waals surface area contributed by atoms with Crippen LogP contribution in [0.3, 0.4) is 0 Å². The van der Waals surface area contributed by atoms with Crippen molar-refractivity contribution in [3.8, 4) is 0 Å². The molecular weight excluding hydrogens is 353 g/mol. The van der Waals surface area contributed by atoms with Gasteiger partial charge in [0.25, 0.3) is 0 Å². The summed E-state index contributed by atoms with van der Waals surface area (Å²) >= 11 is 0. The third-order valence-corrected chi connectivity index (χ3v) is 6.92. The Morgan fingerprint density at radius 2 is 1.50 bits per heavy atom. The lowest BCUT2D eigenvalue weighted by atomic mass is 10.0. The molecule has 1 N–H and O–H groups in total. The monoisotopic (exact) mass is 381 g/mol. The Morgan fingerprint density at radius 1 is 1.00 bits per heavy atom. The molecule has 3 aliphatic heterocycles. The van der Waals surface area contributed by atoms with Gasteiger partial charge in [0.2, 0.25) is 18.9 Å². The van der Waals surface area contributed by atoms with Gasteiger partial charge in [0.1, 0.15) is 11.4 Å². The number of hydrogen-bond acceptors (Lipinski definition) is 6. The van der Waals surface area contributed by atoms with Crippen LogP contribution in [0.1, 0.15) is 20.8 Å². The van der Waals surface area contributed by atoms with E-state index in [2.05, 4.69) is 0 Å². The van der Waals surface area contributed by atoms with E-state index in [0.717, 1.165) is 39.3 Å². The van der Waals surface area contributed by atoms with Crippen LogP contribution >= 0.6 is 7.37 Å². The van der Waals surface area contributed by atoms with Gasteiger partial charge in [-0.2, -0.15) is 0 Å². The van der Waals surface area contributed by atoms with E-state index in [1.807, 2.05) is 28.5 Å². The molecule has 8 heteroatoms. The molecule has 0 radical (unpaired) electrons. The largest absolute Gasteiger partial charge is 0.365 e. The average molecular weight is 381 g/mol. The van der Waals surface area contributed by atoms with E-state index in [1.54, 1.807) is 6.92 Å². The van der Waals surface area contributed by atoms with Gasteiger partial charge in [-0.1, -0.05) is 20.8 Å². The molecule has 4 rings (SSSR count). The predicted octanol–water partition coefficient (Wildman–Crippen LogP) is 1.11. The van der Waals surface area contributed by atoms with Crippen molar-refractivity contribution in [2.24, 2.45) is 5.92 Å². The van der Waals surface area contributed by atoms with Crippen LogP contribution in [0, 0.1) is 5.92 Å². The first-order valence-corrected chi connectivity index (χ1v) is 11.4. The normalized spacial score (nSPS) is 23.6. The maximum absolute atomic E-state index is 12.4. The first-order chi connectivity index (χ1) is 12.2. The third kappa shape index (κ3) is 4.57. The molecule has 3 saturated heterocycles. The average Bonchev–Trinajstić information content (AvgIpc) is 3.39. The second-order valence-corrected chi connectivity index (χ2v) is 10.3. The van der Waals surface area contributed by atoms with Crippen molar-refractivity contribution in [1.29, 1.82) is 0 Å². The molecular formula is C18H28N3O4P. The summed E-state index contributed by atoms with van der Waals surface area (Å²) in [5, 5.41) is 0. The lowest BCUT2D eigenvalue weighted by molar-refractivity contribution is -0.117. The van der Waals surface area contributed by atoms with E-state index >= 15 is 0 Å².